The van der Waals surface area contributed by atoms with E-state index in [0.717, 1.165) is 62.2 Å². The summed E-state index contributed by atoms with van der Waals surface area (Å²) in [6, 6.07) is 4.05. The third-order valence-corrected chi connectivity index (χ3v) is 6.74. The molecule has 0 radical (unpaired) electrons. The summed E-state index contributed by atoms with van der Waals surface area (Å²) in [4.78, 5) is 20.6. The zero-order valence-electron chi connectivity index (χ0n) is 20.7. The molecule has 0 amide bonds. The largest absolute Gasteiger partial charge is 0.393 e. The number of piperidine rings is 1. The first kappa shape index (κ1) is 23.9. The molecule has 2 aliphatic heterocycles. The standard InChI is InChI=1S/C25H35N7O3/c1-16(2)32-19-12-22(27-13-18(19)28-23(32)15-35-24-6-4-5-11-34-24)29-21-7-9-26-25(30-21)31-10-8-20(33)17(3)14-31/h7,9,12-13,16-17,20,24,33H,4-6,8,10-11,14-15H2,1-3H3,(H,26,27,29,30)/t17-,20-,24?/m1/s1. The van der Waals surface area contributed by atoms with E-state index in [4.69, 9.17) is 19.4 Å². The number of ether oxygens (including phenoxy) is 2. The Bertz CT molecular complexity index is 1150. The van der Waals surface area contributed by atoms with Crippen LogP contribution in [0.5, 0.6) is 0 Å². The van der Waals surface area contributed by atoms with Crippen LogP contribution in [-0.2, 0) is 16.1 Å². The minimum atomic E-state index is -0.264. The van der Waals surface area contributed by atoms with Crippen LogP contribution in [0.2, 0.25) is 0 Å². The lowest BCUT2D eigenvalue weighted by molar-refractivity contribution is -0.170. The van der Waals surface area contributed by atoms with Crippen LogP contribution < -0.4 is 10.2 Å². The van der Waals surface area contributed by atoms with Gasteiger partial charge in [-0.3, -0.25) is 0 Å². The Hall–Kier alpha value is -2.82. The van der Waals surface area contributed by atoms with E-state index in [1.807, 2.05) is 12.1 Å². The van der Waals surface area contributed by atoms with Crippen molar-refractivity contribution >= 4 is 28.6 Å². The van der Waals surface area contributed by atoms with Crippen molar-refractivity contribution in [3.63, 3.8) is 0 Å². The number of rotatable bonds is 7. The van der Waals surface area contributed by atoms with E-state index in [9.17, 15) is 5.11 Å². The van der Waals surface area contributed by atoms with E-state index in [0.29, 0.717) is 24.2 Å². The molecule has 3 aromatic heterocycles. The highest BCUT2D eigenvalue weighted by molar-refractivity contribution is 5.79. The third-order valence-electron chi connectivity index (χ3n) is 6.74. The summed E-state index contributed by atoms with van der Waals surface area (Å²) in [6.45, 7) is 8.97. The monoisotopic (exact) mass is 481 g/mol. The minimum Gasteiger partial charge on any atom is -0.393 e. The summed E-state index contributed by atoms with van der Waals surface area (Å²) < 4.78 is 13.9. The number of hydrogen-bond donors (Lipinski definition) is 2. The Morgan fingerprint density at radius 3 is 2.86 bits per heavy atom. The van der Waals surface area contributed by atoms with Crippen molar-refractivity contribution < 1.29 is 14.6 Å². The summed E-state index contributed by atoms with van der Waals surface area (Å²) in [5.74, 6) is 3.08. The molecule has 5 heterocycles. The van der Waals surface area contributed by atoms with Gasteiger partial charge in [-0.1, -0.05) is 6.92 Å². The van der Waals surface area contributed by atoms with Gasteiger partial charge in [-0.2, -0.15) is 4.98 Å². The Labute approximate surface area is 205 Å². The molecule has 3 atom stereocenters. The van der Waals surface area contributed by atoms with Crippen molar-refractivity contribution in [2.45, 2.75) is 71.5 Å². The van der Waals surface area contributed by atoms with Crippen molar-refractivity contribution in [2.75, 3.05) is 29.9 Å². The average Bonchev–Trinajstić information content (AvgIpc) is 3.23. The number of pyridine rings is 1. The summed E-state index contributed by atoms with van der Waals surface area (Å²) in [5.41, 5.74) is 1.82. The smallest absolute Gasteiger partial charge is 0.227 e. The van der Waals surface area contributed by atoms with Crippen molar-refractivity contribution in [3.05, 3.63) is 30.4 Å². The molecular weight excluding hydrogens is 446 g/mol. The van der Waals surface area contributed by atoms with Gasteiger partial charge in [-0.15, -0.1) is 0 Å². The van der Waals surface area contributed by atoms with Gasteiger partial charge in [0.2, 0.25) is 5.95 Å². The van der Waals surface area contributed by atoms with Crippen LogP contribution in [0, 0.1) is 5.92 Å². The molecule has 2 saturated heterocycles. The molecule has 5 rings (SSSR count). The van der Waals surface area contributed by atoms with Gasteiger partial charge >= 0.3 is 0 Å². The van der Waals surface area contributed by atoms with Crippen LogP contribution in [-0.4, -0.2) is 61.7 Å². The fraction of sp³-hybridized carbons (Fsp3) is 0.600. The Kier molecular flexibility index (Phi) is 7.12. The highest BCUT2D eigenvalue weighted by Gasteiger charge is 2.26. The average molecular weight is 482 g/mol. The zero-order chi connectivity index (χ0) is 24.4. The Balaban J connectivity index is 1.34. The molecule has 1 unspecified atom stereocenters. The summed E-state index contributed by atoms with van der Waals surface area (Å²) in [5, 5.41) is 13.4. The molecule has 35 heavy (non-hydrogen) atoms. The van der Waals surface area contributed by atoms with E-state index in [1.165, 1.54) is 0 Å². The molecule has 0 spiro atoms. The maximum atomic E-state index is 10.0. The molecule has 0 bridgehead atoms. The molecule has 2 aliphatic rings. The maximum absolute atomic E-state index is 10.0. The summed E-state index contributed by atoms with van der Waals surface area (Å²) in [7, 11) is 0. The van der Waals surface area contributed by atoms with Gasteiger partial charge in [-0.05, 0) is 51.5 Å². The van der Waals surface area contributed by atoms with Gasteiger partial charge in [0, 0.05) is 38.0 Å². The van der Waals surface area contributed by atoms with Gasteiger partial charge in [0.15, 0.2) is 6.29 Å². The summed E-state index contributed by atoms with van der Waals surface area (Å²) in [6.07, 6.45) is 6.99. The van der Waals surface area contributed by atoms with Gasteiger partial charge in [0.05, 0.1) is 17.8 Å². The number of fused-ring (bicyclic) bond motifs is 1. The number of aliphatic hydroxyl groups excluding tert-OH is 1. The molecule has 0 aliphatic carbocycles. The lowest BCUT2D eigenvalue weighted by Crippen LogP contribution is -2.42. The Morgan fingerprint density at radius 1 is 1.20 bits per heavy atom. The van der Waals surface area contributed by atoms with Crippen LogP contribution >= 0.6 is 0 Å². The lowest BCUT2D eigenvalue weighted by Gasteiger charge is -2.34. The number of nitrogens with one attached hydrogen (secondary N) is 1. The van der Waals surface area contributed by atoms with Gasteiger partial charge in [-0.25, -0.2) is 15.0 Å². The lowest BCUT2D eigenvalue weighted by atomic mass is 9.97. The fourth-order valence-electron chi connectivity index (χ4n) is 4.82. The number of hydrogen-bond acceptors (Lipinski definition) is 9. The van der Waals surface area contributed by atoms with Crippen LogP contribution in [0.15, 0.2) is 24.5 Å². The number of anilines is 3. The highest BCUT2D eigenvalue weighted by atomic mass is 16.7. The first-order valence-corrected chi connectivity index (χ1v) is 12.6. The van der Waals surface area contributed by atoms with E-state index in [-0.39, 0.29) is 24.4 Å². The van der Waals surface area contributed by atoms with Crippen molar-refractivity contribution in [1.82, 2.24) is 24.5 Å². The summed E-state index contributed by atoms with van der Waals surface area (Å²) >= 11 is 0. The molecule has 0 aromatic carbocycles. The third kappa shape index (κ3) is 5.39. The second kappa shape index (κ2) is 10.4. The normalized spacial score (nSPS) is 23.2. The van der Waals surface area contributed by atoms with E-state index in [2.05, 4.69) is 45.5 Å². The number of aromatic nitrogens is 5. The quantitative estimate of drug-likeness (QED) is 0.520. The first-order chi connectivity index (χ1) is 17.0. The van der Waals surface area contributed by atoms with Gasteiger partial charge in [0.1, 0.15) is 29.6 Å². The van der Waals surface area contributed by atoms with Crippen LogP contribution in [0.3, 0.4) is 0 Å². The van der Waals surface area contributed by atoms with E-state index < -0.39 is 0 Å². The van der Waals surface area contributed by atoms with Crippen LogP contribution in [0.1, 0.15) is 58.3 Å². The maximum Gasteiger partial charge on any atom is 0.227 e. The first-order valence-electron chi connectivity index (χ1n) is 12.6. The molecular formula is C25H35N7O3. The van der Waals surface area contributed by atoms with Crippen molar-refractivity contribution in [1.29, 1.82) is 0 Å². The van der Waals surface area contributed by atoms with E-state index in [1.54, 1.807) is 12.4 Å². The molecule has 10 heteroatoms. The predicted molar refractivity (Wildman–Crippen MR) is 134 cm³/mol. The van der Waals surface area contributed by atoms with Gasteiger partial charge < -0.3 is 29.4 Å². The van der Waals surface area contributed by atoms with Crippen LogP contribution in [0.25, 0.3) is 11.0 Å². The molecule has 2 fully saturated rings. The van der Waals surface area contributed by atoms with E-state index >= 15 is 0 Å². The topological polar surface area (TPSA) is 110 Å². The number of aliphatic hydroxyl groups is 1. The van der Waals surface area contributed by atoms with Crippen LogP contribution in [0.4, 0.5) is 17.6 Å². The molecule has 2 N–H and O–H groups in total. The highest BCUT2D eigenvalue weighted by Crippen LogP contribution is 2.26. The minimum absolute atomic E-state index is 0.155. The molecule has 0 saturated carbocycles. The van der Waals surface area contributed by atoms with Crippen molar-refractivity contribution in [3.8, 4) is 0 Å². The number of imidazole rings is 1. The molecule has 3 aromatic rings. The Morgan fingerprint density at radius 2 is 2.09 bits per heavy atom. The van der Waals surface area contributed by atoms with Gasteiger partial charge in [0.25, 0.3) is 0 Å². The molecule has 188 valence electrons. The predicted octanol–water partition coefficient (Wildman–Crippen LogP) is 3.80. The van der Waals surface area contributed by atoms with Crippen molar-refractivity contribution in [2.24, 2.45) is 5.92 Å². The SMILES string of the molecule is CC(C)n1c(COC2CCCCO2)nc2cnc(Nc3ccnc(N4CC[C@@H](O)[C@H](C)C4)n3)cc21. The molecule has 10 nitrogen and oxygen atoms in total. The number of nitrogens with zero attached hydrogens (tertiary/aromatic N) is 6. The fourth-order valence-corrected chi connectivity index (χ4v) is 4.82. The second-order valence-corrected chi connectivity index (χ2v) is 9.80. The second-order valence-electron chi connectivity index (χ2n) is 9.80. The zero-order valence-corrected chi connectivity index (χ0v) is 20.7.